The number of rotatable bonds is 6. The van der Waals surface area contributed by atoms with E-state index in [2.05, 4.69) is 42.2 Å². The van der Waals surface area contributed by atoms with Gasteiger partial charge in [0, 0.05) is 20.1 Å². The first kappa shape index (κ1) is 14.7. The second kappa shape index (κ2) is 6.63. The summed E-state index contributed by atoms with van der Waals surface area (Å²) >= 11 is 0. The zero-order valence-corrected chi connectivity index (χ0v) is 12.3. The lowest BCUT2D eigenvalue weighted by Crippen LogP contribution is -2.12. The van der Waals surface area contributed by atoms with E-state index >= 15 is 0 Å². The van der Waals surface area contributed by atoms with Gasteiger partial charge in [-0.25, -0.2) is 0 Å². The molecule has 20 heavy (non-hydrogen) atoms. The van der Waals surface area contributed by atoms with Gasteiger partial charge in [0.2, 0.25) is 0 Å². The quantitative estimate of drug-likeness (QED) is 0.870. The Kier molecular flexibility index (Phi) is 4.87. The third-order valence-corrected chi connectivity index (χ3v) is 3.42. The van der Waals surface area contributed by atoms with Crippen LogP contribution in [0.3, 0.4) is 0 Å². The Morgan fingerprint density at radius 3 is 2.65 bits per heavy atom. The van der Waals surface area contributed by atoms with E-state index in [-0.39, 0.29) is 6.61 Å². The van der Waals surface area contributed by atoms with Crippen molar-refractivity contribution in [3.8, 4) is 0 Å². The number of hydrogen-bond acceptors (Lipinski definition) is 4. The number of aromatic nitrogens is 3. The minimum absolute atomic E-state index is 0.108. The lowest BCUT2D eigenvalue weighted by molar-refractivity contribution is 0.181. The summed E-state index contributed by atoms with van der Waals surface area (Å²) in [5.74, 6) is 1.45. The van der Waals surface area contributed by atoms with Crippen LogP contribution in [0.5, 0.6) is 0 Å². The summed E-state index contributed by atoms with van der Waals surface area (Å²) in [6, 6.07) is 6.39. The molecule has 2 aromatic rings. The molecule has 2 rings (SSSR count). The lowest BCUT2D eigenvalue weighted by Gasteiger charge is -2.10. The van der Waals surface area contributed by atoms with Gasteiger partial charge in [-0.05, 0) is 25.0 Å². The molecule has 0 spiro atoms. The van der Waals surface area contributed by atoms with E-state index in [1.54, 1.807) is 7.11 Å². The molecule has 0 radical (unpaired) electrons. The van der Waals surface area contributed by atoms with Gasteiger partial charge in [-0.1, -0.05) is 23.8 Å². The van der Waals surface area contributed by atoms with E-state index < -0.39 is 0 Å². The molecule has 0 unspecified atom stereocenters. The number of methoxy groups -OCH3 is 1. The van der Waals surface area contributed by atoms with Crippen molar-refractivity contribution < 1.29 is 9.84 Å². The third kappa shape index (κ3) is 3.23. The van der Waals surface area contributed by atoms with Gasteiger partial charge in [0.05, 0.1) is 6.61 Å². The highest BCUT2D eigenvalue weighted by atomic mass is 16.5. The number of aliphatic hydroxyl groups excluding tert-OH is 1. The van der Waals surface area contributed by atoms with Gasteiger partial charge in [-0.2, -0.15) is 0 Å². The summed E-state index contributed by atoms with van der Waals surface area (Å²) in [5.41, 5.74) is 3.71. The highest BCUT2D eigenvalue weighted by molar-refractivity contribution is 5.32. The van der Waals surface area contributed by atoms with Crippen LogP contribution in [0.25, 0.3) is 0 Å². The molecule has 0 bridgehead atoms. The summed E-state index contributed by atoms with van der Waals surface area (Å²) in [6.07, 6.45) is 0.713. The summed E-state index contributed by atoms with van der Waals surface area (Å²) in [5, 5.41) is 17.6. The molecule has 0 saturated carbocycles. The number of ether oxygens (including phenoxy) is 1. The fraction of sp³-hybridized carbons (Fsp3) is 0.467. The Morgan fingerprint density at radius 2 is 1.95 bits per heavy atom. The third-order valence-electron chi connectivity index (χ3n) is 3.42. The summed E-state index contributed by atoms with van der Waals surface area (Å²) in [7, 11) is 1.66. The fourth-order valence-corrected chi connectivity index (χ4v) is 2.22. The molecule has 0 atom stereocenters. The maximum absolute atomic E-state index is 9.33. The van der Waals surface area contributed by atoms with Crippen LogP contribution in [-0.4, -0.2) is 33.6 Å². The molecule has 1 N–H and O–H groups in total. The van der Waals surface area contributed by atoms with Crippen LogP contribution in [0.15, 0.2) is 18.2 Å². The van der Waals surface area contributed by atoms with Crippen LogP contribution < -0.4 is 0 Å². The summed E-state index contributed by atoms with van der Waals surface area (Å²) < 4.78 is 7.04. The van der Waals surface area contributed by atoms with Crippen LogP contribution >= 0.6 is 0 Å². The number of benzene rings is 1. The minimum atomic E-state index is -0.108. The molecular formula is C15H21N3O2. The molecule has 1 aromatic heterocycles. The van der Waals surface area contributed by atoms with E-state index in [1.165, 1.54) is 16.7 Å². The molecule has 5 nitrogen and oxygen atoms in total. The van der Waals surface area contributed by atoms with Gasteiger partial charge in [0.1, 0.15) is 12.4 Å². The highest BCUT2D eigenvalue weighted by Crippen LogP contribution is 2.15. The molecule has 108 valence electrons. The second-order valence-corrected chi connectivity index (χ2v) is 4.94. The Bertz CT molecular complexity index is 578. The Balaban J connectivity index is 2.28. The first-order chi connectivity index (χ1) is 9.65. The van der Waals surface area contributed by atoms with Gasteiger partial charge in [0.15, 0.2) is 5.82 Å². The molecule has 0 amide bonds. The Hall–Kier alpha value is -1.72. The SMILES string of the molecule is COCCn1c(CO)nnc1Cc1cc(C)ccc1C. The molecule has 0 aliphatic rings. The average Bonchev–Trinajstić information content (AvgIpc) is 2.82. The van der Waals surface area contributed by atoms with Crippen molar-refractivity contribution in [3.05, 3.63) is 46.5 Å². The van der Waals surface area contributed by atoms with E-state index in [9.17, 15) is 5.11 Å². The molecule has 5 heteroatoms. The minimum Gasteiger partial charge on any atom is -0.388 e. The zero-order chi connectivity index (χ0) is 14.5. The van der Waals surface area contributed by atoms with Crippen molar-refractivity contribution >= 4 is 0 Å². The van der Waals surface area contributed by atoms with Gasteiger partial charge in [-0.3, -0.25) is 0 Å². The second-order valence-electron chi connectivity index (χ2n) is 4.94. The molecule has 0 fully saturated rings. The first-order valence-electron chi connectivity index (χ1n) is 6.72. The normalized spacial score (nSPS) is 11.0. The molecule has 0 aliphatic carbocycles. The standard InChI is InChI=1S/C15H21N3O2/c1-11-4-5-12(2)13(8-11)9-14-16-17-15(10-19)18(14)6-7-20-3/h4-5,8,19H,6-7,9-10H2,1-3H3. The predicted molar refractivity (Wildman–Crippen MR) is 76.5 cm³/mol. The van der Waals surface area contributed by atoms with Crippen LogP contribution in [0.4, 0.5) is 0 Å². The Labute approximate surface area is 119 Å². The van der Waals surface area contributed by atoms with Crippen LogP contribution in [0, 0.1) is 13.8 Å². The molecule has 0 saturated heterocycles. The van der Waals surface area contributed by atoms with E-state index in [0.717, 1.165) is 5.82 Å². The molecule has 1 heterocycles. The monoisotopic (exact) mass is 275 g/mol. The summed E-state index contributed by atoms with van der Waals surface area (Å²) in [6.45, 7) is 5.29. The maximum atomic E-state index is 9.33. The van der Waals surface area contributed by atoms with Crippen molar-refractivity contribution in [1.29, 1.82) is 0 Å². The number of hydrogen-bond donors (Lipinski definition) is 1. The van der Waals surface area contributed by atoms with Crippen molar-refractivity contribution in [3.63, 3.8) is 0 Å². The van der Waals surface area contributed by atoms with E-state index in [1.807, 2.05) is 4.57 Å². The number of aryl methyl sites for hydroxylation is 2. The lowest BCUT2D eigenvalue weighted by atomic mass is 10.0. The number of nitrogens with zero attached hydrogens (tertiary/aromatic N) is 3. The Morgan fingerprint density at radius 1 is 1.20 bits per heavy atom. The van der Waals surface area contributed by atoms with Crippen molar-refractivity contribution in [2.45, 2.75) is 33.4 Å². The van der Waals surface area contributed by atoms with Crippen LogP contribution in [-0.2, 0) is 24.3 Å². The topological polar surface area (TPSA) is 60.2 Å². The zero-order valence-electron chi connectivity index (χ0n) is 12.3. The number of aliphatic hydroxyl groups is 1. The first-order valence-corrected chi connectivity index (χ1v) is 6.72. The van der Waals surface area contributed by atoms with E-state index in [4.69, 9.17) is 4.74 Å². The highest BCUT2D eigenvalue weighted by Gasteiger charge is 2.12. The van der Waals surface area contributed by atoms with Crippen molar-refractivity contribution in [2.75, 3.05) is 13.7 Å². The maximum Gasteiger partial charge on any atom is 0.158 e. The molecular weight excluding hydrogens is 254 g/mol. The van der Waals surface area contributed by atoms with Crippen LogP contribution in [0.2, 0.25) is 0 Å². The van der Waals surface area contributed by atoms with Gasteiger partial charge in [-0.15, -0.1) is 10.2 Å². The fourth-order valence-electron chi connectivity index (χ4n) is 2.22. The van der Waals surface area contributed by atoms with Crippen molar-refractivity contribution in [1.82, 2.24) is 14.8 Å². The van der Waals surface area contributed by atoms with Gasteiger partial charge >= 0.3 is 0 Å². The van der Waals surface area contributed by atoms with Gasteiger partial charge in [0.25, 0.3) is 0 Å². The molecule has 0 aliphatic heterocycles. The van der Waals surface area contributed by atoms with Crippen LogP contribution in [0.1, 0.15) is 28.3 Å². The largest absolute Gasteiger partial charge is 0.388 e. The molecule has 1 aromatic carbocycles. The van der Waals surface area contributed by atoms with Gasteiger partial charge < -0.3 is 14.4 Å². The summed E-state index contributed by atoms with van der Waals surface area (Å²) in [4.78, 5) is 0. The van der Waals surface area contributed by atoms with E-state index in [0.29, 0.717) is 25.4 Å². The average molecular weight is 275 g/mol. The smallest absolute Gasteiger partial charge is 0.158 e. The van der Waals surface area contributed by atoms with Crippen molar-refractivity contribution in [2.24, 2.45) is 0 Å². The predicted octanol–water partition coefficient (Wildman–Crippen LogP) is 1.62.